The molecule has 8 heteroatoms. The molecular weight excluding hydrogens is 493 g/mol. The zero-order chi connectivity index (χ0) is 26.3. The van der Waals surface area contributed by atoms with E-state index in [1.54, 1.807) is 26.8 Å². The Morgan fingerprint density at radius 1 is 1.14 bits per heavy atom. The predicted molar refractivity (Wildman–Crippen MR) is 133 cm³/mol. The molecule has 3 rings (SSSR count). The highest BCUT2D eigenvalue weighted by molar-refractivity contribution is 6.31. The molecule has 0 unspecified atom stereocenters. The van der Waals surface area contributed by atoms with Gasteiger partial charge in [0.15, 0.2) is 0 Å². The number of ether oxygens (including phenoxy) is 1. The van der Waals surface area contributed by atoms with Crippen LogP contribution in [-0.4, -0.2) is 23.7 Å². The molecule has 1 saturated heterocycles. The molecule has 0 aromatic heterocycles. The van der Waals surface area contributed by atoms with Crippen molar-refractivity contribution in [2.45, 2.75) is 77.0 Å². The molecule has 0 aliphatic carbocycles. The van der Waals surface area contributed by atoms with Crippen LogP contribution in [0.3, 0.4) is 0 Å². The Labute approximate surface area is 215 Å². The van der Waals surface area contributed by atoms with Gasteiger partial charge in [-0.25, -0.2) is 8.78 Å². The molecule has 35 heavy (non-hydrogen) atoms. The maximum Gasteiger partial charge on any atom is 0.324 e. The van der Waals surface area contributed by atoms with E-state index >= 15 is 8.78 Å². The lowest BCUT2D eigenvalue weighted by molar-refractivity contribution is -0.157. The molecule has 4 nitrogen and oxygen atoms in total. The van der Waals surface area contributed by atoms with Crippen LogP contribution in [0.15, 0.2) is 36.4 Å². The van der Waals surface area contributed by atoms with Crippen molar-refractivity contribution in [1.29, 1.82) is 5.26 Å². The lowest BCUT2D eigenvalue weighted by atomic mass is 9.62. The van der Waals surface area contributed by atoms with Gasteiger partial charge < -0.3 is 4.74 Å². The van der Waals surface area contributed by atoms with E-state index in [2.05, 4.69) is 11.4 Å². The number of rotatable bonds is 4. The molecule has 1 fully saturated rings. The molecule has 2 aromatic rings. The van der Waals surface area contributed by atoms with Crippen molar-refractivity contribution in [1.82, 2.24) is 5.32 Å². The second kappa shape index (κ2) is 9.69. The zero-order valence-electron chi connectivity index (χ0n) is 20.7. The summed E-state index contributed by atoms with van der Waals surface area (Å²) in [5.74, 6) is -3.26. The summed E-state index contributed by atoms with van der Waals surface area (Å²) in [4.78, 5) is 13.5. The molecule has 188 valence electrons. The van der Waals surface area contributed by atoms with Crippen LogP contribution in [0.4, 0.5) is 8.78 Å². The number of nitrogens with zero attached hydrogens (tertiary/aromatic N) is 1. The van der Waals surface area contributed by atoms with Crippen LogP contribution in [-0.2, 0) is 14.9 Å². The van der Waals surface area contributed by atoms with Gasteiger partial charge in [-0.1, -0.05) is 56.1 Å². The van der Waals surface area contributed by atoms with E-state index in [1.807, 2.05) is 20.8 Å². The van der Waals surface area contributed by atoms with Gasteiger partial charge in [0, 0.05) is 22.5 Å². The van der Waals surface area contributed by atoms with Crippen LogP contribution in [0.5, 0.6) is 0 Å². The maximum absolute atomic E-state index is 15.5. The third kappa shape index (κ3) is 5.48. The first kappa shape index (κ1) is 27.4. The highest BCUT2D eigenvalue weighted by Gasteiger charge is 2.61. The Morgan fingerprint density at radius 2 is 1.80 bits per heavy atom. The molecule has 1 aliphatic rings. The molecule has 2 aromatic carbocycles. The van der Waals surface area contributed by atoms with Gasteiger partial charge in [0.25, 0.3) is 0 Å². The van der Waals surface area contributed by atoms with Crippen LogP contribution in [0.1, 0.15) is 65.0 Å². The lowest BCUT2D eigenvalue weighted by Crippen LogP contribution is -2.45. The van der Waals surface area contributed by atoms with E-state index in [9.17, 15) is 10.1 Å². The lowest BCUT2D eigenvalue weighted by Gasteiger charge is -2.37. The molecule has 1 heterocycles. The van der Waals surface area contributed by atoms with E-state index in [4.69, 9.17) is 27.9 Å². The van der Waals surface area contributed by atoms with Gasteiger partial charge in [0.05, 0.1) is 11.1 Å². The number of hydrogen-bond acceptors (Lipinski definition) is 4. The number of esters is 1. The Kier molecular flexibility index (Phi) is 7.58. The van der Waals surface area contributed by atoms with Crippen molar-refractivity contribution in [2.24, 2.45) is 5.41 Å². The standard InChI is InChI=1S/C27H30Cl2F2N2O2/c1-25(2,3)13-20-27(14-32,17-12-15(28)10-11-19(17)30)21(16-8-7-9-18(29)22(16)31)23(33-20)24(34)35-26(4,5)6/h7-12,20-21,23,33H,13H2,1-6H3/t20-,21-,23+,27-/m0/s1. The smallest absolute Gasteiger partial charge is 0.324 e. The summed E-state index contributed by atoms with van der Waals surface area (Å²) in [6.07, 6.45) is 0.379. The third-order valence-electron chi connectivity index (χ3n) is 6.11. The minimum absolute atomic E-state index is 0.00955. The summed E-state index contributed by atoms with van der Waals surface area (Å²) in [6.45, 7) is 11.1. The third-order valence-corrected chi connectivity index (χ3v) is 6.63. The summed E-state index contributed by atoms with van der Waals surface area (Å²) in [5.41, 5.74) is -2.85. The van der Waals surface area contributed by atoms with Crippen molar-refractivity contribution in [3.8, 4) is 6.07 Å². The van der Waals surface area contributed by atoms with Gasteiger partial charge in [-0.3, -0.25) is 10.1 Å². The predicted octanol–water partition coefficient (Wildman–Crippen LogP) is 6.94. The molecule has 4 atom stereocenters. The van der Waals surface area contributed by atoms with E-state index in [0.29, 0.717) is 6.42 Å². The fourth-order valence-corrected chi connectivity index (χ4v) is 5.24. The Bertz CT molecular complexity index is 1170. The van der Waals surface area contributed by atoms with Crippen molar-refractivity contribution in [3.05, 3.63) is 69.2 Å². The maximum atomic E-state index is 15.5. The fraction of sp³-hybridized carbons (Fsp3) is 0.481. The Balaban J connectivity index is 2.38. The van der Waals surface area contributed by atoms with Gasteiger partial charge in [0.2, 0.25) is 0 Å². The largest absolute Gasteiger partial charge is 0.459 e. The average molecular weight is 523 g/mol. The van der Waals surface area contributed by atoms with Crippen molar-refractivity contribution < 1.29 is 18.3 Å². The fourth-order valence-electron chi connectivity index (χ4n) is 4.89. The minimum Gasteiger partial charge on any atom is -0.459 e. The molecule has 0 bridgehead atoms. The molecule has 1 N–H and O–H groups in total. The number of halogens is 4. The number of nitrogens with one attached hydrogen (secondary N) is 1. The number of carbonyl (C=O) groups is 1. The number of carbonyl (C=O) groups excluding carboxylic acids is 1. The van der Waals surface area contributed by atoms with Crippen molar-refractivity contribution >= 4 is 29.2 Å². The monoisotopic (exact) mass is 522 g/mol. The van der Waals surface area contributed by atoms with E-state index in [1.165, 1.54) is 30.3 Å². The van der Waals surface area contributed by atoms with E-state index < -0.39 is 46.6 Å². The normalized spacial score (nSPS) is 24.8. The molecular formula is C27H30Cl2F2N2O2. The van der Waals surface area contributed by atoms with Crippen LogP contribution in [0.2, 0.25) is 10.0 Å². The molecule has 0 amide bonds. The highest BCUT2D eigenvalue weighted by Crippen LogP contribution is 2.53. The number of benzene rings is 2. The first-order valence-electron chi connectivity index (χ1n) is 11.4. The first-order chi connectivity index (χ1) is 16.1. The SMILES string of the molecule is CC(C)(C)C[C@@H]1N[C@@H](C(=O)OC(C)(C)C)[C@H](c2cccc(Cl)c2F)[C@@]1(C#N)c1cc(Cl)ccc1F. The Hall–Kier alpha value is -2.20. The van der Waals surface area contributed by atoms with Gasteiger partial charge >= 0.3 is 5.97 Å². The zero-order valence-corrected chi connectivity index (χ0v) is 22.2. The van der Waals surface area contributed by atoms with Crippen molar-refractivity contribution in [3.63, 3.8) is 0 Å². The van der Waals surface area contributed by atoms with Crippen LogP contribution >= 0.6 is 23.2 Å². The summed E-state index contributed by atoms with van der Waals surface area (Å²) in [6, 6.07) is 8.75. The van der Waals surface area contributed by atoms with Crippen LogP contribution in [0, 0.1) is 28.4 Å². The topological polar surface area (TPSA) is 62.1 Å². The molecule has 1 aliphatic heterocycles. The van der Waals surface area contributed by atoms with Gasteiger partial charge in [0.1, 0.15) is 28.7 Å². The van der Waals surface area contributed by atoms with Crippen LogP contribution in [0.25, 0.3) is 0 Å². The first-order valence-corrected chi connectivity index (χ1v) is 12.2. The van der Waals surface area contributed by atoms with E-state index in [0.717, 1.165) is 0 Å². The number of hydrogen-bond donors (Lipinski definition) is 1. The quantitative estimate of drug-likeness (QED) is 0.442. The molecule has 0 radical (unpaired) electrons. The average Bonchev–Trinajstić information content (AvgIpc) is 3.03. The summed E-state index contributed by atoms with van der Waals surface area (Å²) < 4.78 is 36.6. The van der Waals surface area contributed by atoms with E-state index in [-0.39, 0.29) is 26.6 Å². The highest BCUT2D eigenvalue weighted by atomic mass is 35.5. The van der Waals surface area contributed by atoms with Gasteiger partial charge in [-0.05, 0) is 62.4 Å². The van der Waals surface area contributed by atoms with Gasteiger partial charge in [-0.2, -0.15) is 5.26 Å². The second-order valence-corrected chi connectivity index (χ2v) is 12.1. The number of nitriles is 1. The Morgan fingerprint density at radius 3 is 2.37 bits per heavy atom. The summed E-state index contributed by atoms with van der Waals surface area (Å²) >= 11 is 12.4. The summed E-state index contributed by atoms with van der Waals surface area (Å²) in [5, 5.41) is 14.1. The van der Waals surface area contributed by atoms with Gasteiger partial charge in [-0.15, -0.1) is 0 Å². The molecule has 0 saturated carbocycles. The second-order valence-electron chi connectivity index (χ2n) is 11.2. The molecule has 0 spiro atoms. The summed E-state index contributed by atoms with van der Waals surface area (Å²) in [7, 11) is 0. The van der Waals surface area contributed by atoms with Crippen LogP contribution < -0.4 is 5.32 Å². The van der Waals surface area contributed by atoms with Crippen molar-refractivity contribution in [2.75, 3.05) is 0 Å². The minimum atomic E-state index is -1.70.